The summed E-state index contributed by atoms with van der Waals surface area (Å²) in [6, 6.07) is 17.9. The number of para-hydroxylation sites is 2. The number of nitrogens with zero attached hydrogens (tertiary/aromatic N) is 2. The van der Waals surface area contributed by atoms with E-state index < -0.39 is 0 Å². The molecule has 31 heavy (non-hydrogen) atoms. The fourth-order valence-electron chi connectivity index (χ4n) is 3.84. The fraction of sp³-hybridized carbons (Fsp3) is 0.333. The summed E-state index contributed by atoms with van der Waals surface area (Å²) in [7, 11) is 0. The number of benzene rings is 2. The number of aryl methyl sites for hydroxylation is 1. The summed E-state index contributed by atoms with van der Waals surface area (Å²) in [5.74, 6) is 1.23. The molecule has 1 fully saturated rings. The van der Waals surface area contributed by atoms with Crippen LogP contribution in [0.5, 0.6) is 5.75 Å². The lowest BCUT2D eigenvalue weighted by molar-refractivity contribution is -0.892. The van der Waals surface area contributed by atoms with Gasteiger partial charge in [-0.3, -0.25) is 10.1 Å². The lowest BCUT2D eigenvalue weighted by atomic mass is 10.1. The third kappa shape index (κ3) is 5.24. The molecule has 0 radical (unpaired) electrons. The normalized spacial score (nSPS) is 14.5. The minimum atomic E-state index is -0.0650. The molecule has 0 spiro atoms. The lowest BCUT2D eigenvalue weighted by Crippen LogP contribution is -3.15. The lowest BCUT2D eigenvalue weighted by Gasteiger charge is -2.34. The second-order valence-corrected chi connectivity index (χ2v) is 7.81. The Hall–Kier alpha value is -3.32. The number of carbonyl (C=O) groups excluding carboxylic acids is 1. The van der Waals surface area contributed by atoms with Gasteiger partial charge < -0.3 is 19.1 Å². The SMILES string of the molecule is CCOc1ccccc1N1CC[NH+](CC(=O)Nc2cc(-c3ccc(C)cc3)no2)CC1. The van der Waals surface area contributed by atoms with Crippen LogP contribution in [0.15, 0.2) is 59.1 Å². The molecule has 1 saturated heterocycles. The molecule has 0 atom stereocenters. The van der Waals surface area contributed by atoms with Gasteiger partial charge >= 0.3 is 0 Å². The molecule has 1 amide bonds. The van der Waals surface area contributed by atoms with Gasteiger partial charge in [0.1, 0.15) is 11.4 Å². The van der Waals surface area contributed by atoms with E-state index >= 15 is 0 Å². The first kappa shape index (κ1) is 20.9. The minimum absolute atomic E-state index is 0.0650. The summed E-state index contributed by atoms with van der Waals surface area (Å²) in [5.41, 5.74) is 3.98. The molecule has 0 unspecified atom stereocenters. The maximum Gasteiger partial charge on any atom is 0.281 e. The van der Waals surface area contributed by atoms with E-state index in [9.17, 15) is 4.79 Å². The van der Waals surface area contributed by atoms with E-state index in [-0.39, 0.29) is 5.91 Å². The quantitative estimate of drug-likeness (QED) is 0.613. The number of quaternary nitrogens is 1. The van der Waals surface area contributed by atoms with E-state index in [0.717, 1.165) is 43.2 Å². The number of rotatable bonds is 7. The van der Waals surface area contributed by atoms with Crippen molar-refractivity contribution in [1.82, 2.24) is 5.16 Å². The average molecular weight is 422 g/mol. The van der Waals surface area contributed by atoms with Crippen molar-refractivity contribution in [2.45, 2.75) is 13.8 Å². The van der Waals surface area contributed by atoms with Gasteiger partial charge in [0.15, 0.2) is 6.54 Å². The van der Waals surface area contributed by atoms with Gasteiger partial charge in [0, 0.05) is 11.6 Å². The number of nitrogens with one attached hydrogen (secondary N) is 2. The van der Waals surface area contributed by atoms with Crippen molar-refractivity contribution in [3.8, 4) is 17.0 Å². The molecule has 1 aromatic heterocycles. The van der Waals surface area contributed by atoms with Gasteiger partial charge in [0.05, 0.1) is 38.5 Å². The van der Waals surface area contributed by atoms with Crippen LogP contribution in [0.25, 0.3) is 11.3 Å². The average Bonchev–Trinajstić information content (AvgIpc) is 3.24. The molecule has 1 aliphatic rings. The number of aromatic nitrogens is 1. The zero-order chi connectivity index (χ0) is 21.6. The molecule has 0 aliphatic carbocycles. The Morgan fingerprint density at radius 3 is 2.65 bits per heavy atom. The zero-order valence-electron chi connectivity index (χ0n) is 18.1. The van der Waals surface area contributed by atoms with Crippen molar-refractivity contribution in [2.24, 2.45) is 0 Å². The predicted octanol–water partition coefficient (Wildman–Crippen LogP) is 2.39. The summed E-state index contributed by atoms with van der Waals surface area (Å²) in [6.07, 6.45) is 0. The Morgan fingerprint density at radius 1 is 1.16 bits per heavy atom. The van der Waals surface area contributed by atoms with Crippen molar-refractivity contribution >= 4 is 17.5 Å². The second kappa shape index (κ2) is 9.66. The maximum absolute atomic E-state index is 12.5. The van der Waals surface area contributed by atoms with E-state index in [4.69, 9.17) is 9.26 Å². The van der Waals surface area contributed by atoms with E-state index in [1.165, 1.54) is 10.5 Å². The van der Waals surface area contributed by atoms with Gasteiger partial charge in [-0.1, -0.05) is 47.1 Å². The summed E-state index contributed by atoms with van der Waals surface area (Å²) in [4.78, 5) is 16.1. The van der Waals surface area contributed by atoms with Crippen LogP contribution >= 0.6 is 0 Å². The first-order valence-electron chi connectivity index (χ1n) is 10.8. The number of amides is 1. The highest BCUT2D eigenvalue weighted by atomic mass is 16.5. The Balaban J connectivity index is 1.28. The van der Waals surface area contributed by atoms with Crippen LogP contribution in [0.4, 0.5) is 11.6 Å². The van der Waals surface area contributed by atoms with Crippen LogP contribution in [0.1, 0.15) is 12.5 Å². The molecule has 0 bridgehead atoms. The third-order valence-electron chi connectivity index (χ3n) is 5.51. The molecule has 1 aliphatic heterocycles. The monoisotopic (exact) mass is 421 g/mol. The highest BCUT2D eigenvalue weighted by Crippen LogP contribution is 2.27. The van der Waals surface area contributed by atoms with Gasteiger partial charge in [-0.25, -0.2) is 0 Å². The van der Waals surface area contributed by atoms with Gasteiger partial charge in [0.2, 0.25) is 5.88 Å². The van der Waals surface area contributed by atoms with Crippen LogP contribution in [-0.4, -0.2) is 50.4 Å². The van der Waals surface area contributed by atoms with Crippen LogP contribution in [0, 0.1) is 6.92 Å². The number of hydrogen-bond donors (Lipinski definition) is 2. The molecule has 4 rings (SSSR count). The fourth-order valence-corrected chi connectivity index (χ4v) is 3.84. The highest BCUT2D eigenvalue weighted by molar-refractivity contribution is 5.90. The van der Waals surface area contributed by atoms with Gasteiger partial charge in [0.25, 0.3) is 5.91 Å². The first-order chi connectivity index (χ1) is 15.1. The third-order valence-corrected chi connectivity index (χ3v) is 5.51. The number of carbonyl (C=O) groups is 1. The highest BCUT2D eigenvalue weighted by Gasteiger charge is 2.24. The van der Waals surface area contributed by atoms with E-state index in [1.54, 1.807) is 6.07 Å². The Labute approximate surface area is 182 Å². The predicted molar refractivity (Wildman–Crippen MR) is 121 cm³/mol. The van der Waals surface area contributed by atoms with Gasteiger partial charge in [-0.15, -0.1) is 0 Å². The summed E-state index contributed by atoms with van der Waals surface area (Å²) < 4.78 is 11.1. The topological polar surface area (TPSA) is 72.0 Å². The van der Waals surface area contributed by atoms with Gasteiger partial charge in [-0.2, -0.15) is 0 Å². The molecule has 0 saturated carbocycles. The van der Waals surface area contributed by atoms with Gasteiger partial charge in [-0.05, 0) is 26.0 Å². The molecule has 2 aromatic carbocycles. The maximum atomic E-state index is 12.5. The largest absolute Gasteiger partial charge is 0.492 e. The molecule has 7 heteroatoms. The summed E-state index contributed by atoms with van der Waals surface area (Å²) in [5, 5.41) is 6.90. The molecular weight excluding hydrogens is 392 g/mol. The Kier molecular flexibility index (Phi) is 6.52. The minimum Gasteiger partial charge on any atom is -0.492 e. The van der Waals surface area contributed by atoms with E-state index in [2.05, 4.69) is 21.4 Å². The van der Waals surface area contributed by atoms with Crippen molar-refractivity contribution < 1.29 is 19.0 Å². The molecule has 162 valence electrons. The summed E-state index contributed by atoms with van der Waals surface area (Å²) in [6.45, 7) is 8.63. The molecule has 7 nitrogen and oxygen atoms in total. The summed E-state index contributed by atoms with van der Waals surface area (Å²) >= 11 is 0. The number of anilines is 2. The van der Waals surface area contributed by atoms with Crippen molar-refractivity contribution in [2.75, 3.05) is 49.5 Å². The van der Waals surface area contributed by atoms with Crippen molar-refractivity contribution in [3.63, 3.8) is 0 Å². The van der Waals surface area contributed by atoms with E-state index in [0.29, 0.717) is 24.7 Å². The molecular formula is C24H29N4O3+. The van der Waals surface area contributed by atoms with Crippen LogP contribution in [0.3, 0.4) is 0 Å². The number of ether oxygens (including phenoxy) is 1. The van der Waals surface area contributed by atoms with Crippen LogP contribution in [0.2, 0.25) is 0 Å². The second-order valence-electron chi connectivity index (χ2n) is 7.81. The smallest absolute Gasteiger partial charge is 0.281 e. The molecule has 2 heterocycles. The zero-order valence-corrected chi connectivity index (χ0v) is 18.1. The number of piperazine rings is 1. The van der Waals surface area contributed by atoms with Crippen LogP contribution in [-0.2, 0) is 4.79 Å². The van der Waals surface area contributed by atoms with Crippen LogP contribution < -0.4 is 19.9 Å². The standard InChI is InChI=1S/C24H28N4O3/c1-3-30-22-7-5-4-6-21(22)28-14-12-27(13-15-28)17-23(29)25-24-16-20(26-31-24)19-10-8-18(2)9-11-19/h4-11,16H,3,12-15,17H2,1-2H3,(H,25,29)/p+1. The number of hydrogen-bond acceptors (Lipinski definition) is 5. The molecule has 2 N–H and O–H groups in total. The van der Waals surface area contributed by atoms with Crippen molar-refractivity contribution in [3.05, 3.63) is 60.2 Å². The Bertz CT molecular complexity index is 1010. The van der Waals surface area contributed by atoms with Crippen molar-refractivity contribution in [1.29, 1.82) is 0 Å². The molecule has 3 aromatic rings. The van der Waals surface area contributed by atoms with E-state index in [1.807, 2.05) is 56.3 Å². The first-order valence-corrected chi connectivity index (χ1v) is 10.8. The Morgan fingerprint density at radius 2 is 1.90 bits per heavy atom.